The van der Waals surface area contributed by atoms with E-state index in [2.05, 4.69) is 60.0 Å². The summed E-state index contributed by atoms with van der Waals surface area (Å²) in [5, 5.41) is 10.0. The molecule has 0 saturated heterocycles. The number of carbonyl (C=O) groups excluding carboxylic acids is 3. The lowest BCUT2D eigenvalue weighted by molar-refractivity contribution is -0.141. The third-order valence-corrected chi connectivity index (χ3v) is 7.08. The van der Waals surface area contributed by atoms with Gasteiger partial charge in [-0.25, -0.2) is 0 Å². The fourth-order valence-electron chi connectivity index (χ4n) is 5.02. The van der Waals surface area contributed by atoms with Crippen molar-refractivity contribution in [3.05, 3.63) is 83.9 Å². The summed E-state index contributed by atoms with van der Waals surface area (Å²) in [7, 11) is 0. The predicted molar refractivity (Wildman–Crippen MR) is 161 cm³/mol. The van der Waals surface area contributed by atoms with E-state index in [0.29, 0.717) is 24.9 Å². The third-order valence-electron chi connectivity index (χ3n) is 7.08. The predicted octanol–water partition coefficient (Wildman–Crippen LogP) is 6.58. The zero-order chi connectivity index (χ0) is 28.3. The summed E-state index contributed by atoms with van der Waals surface area (Å²) in [6, 6.07) is 24.5. The van der Waals surface area contributed by atoms with Crippen LogP contribution in [0.2, 0.25) is 0 Å². The van der Waals surface area contributed by atoms with Crippen LogP contribution in [0.5, 0.6) is 0 Å². The average molecular weight is 539 g/mol. The minimum atomic E-state index is -0.470. The first-order chi connectivity index (χ1) is 19.5. The molecule has 2 amide bonds. The number of nitrogens with one attached hydrogen (secondary N) is 2. The molecule has 0 aliphatic heterocycles. The third kappa shape index (κ3) is 7.47. The summed E-state index contributed by atoms with van der Waals surface area (Å²) in [5.41, 5.74) is 3.74. The topological polar surface area (TPSA) is 84.5 Å². The standard InChI is InChI=1S/C34H38N2O4/c1-3-5-6-7-15-32(37)35-19-18-26-21-28(30-14-10-12-24-11-8-9-13-29(24)30)20-25-16-17-27(22-31(25)26)34(39)36-23-33(38)40-4-2/h8-14,16-17,20-22H,3-7,15,18-19,23H2,1-2H3,(H,35,37)(H,36,39). The summed E-state index contributed by atoms with van der Waals surface area (Å²) in [5.74, 6) is -0.730. The Morgan fingerprint density at radius 2 is 1.60 bits per heavy atom. The molecule has 208 valence electrons. The highest BCUT2D eigenvalue weighted by Crippen LogP contribution is 2.33. The van der Waals surface area contributed by atoms with Gasteiger partial charge in [0.2, 0.25) is 5.91 Å². The first-order valence-corrected chi connectivity index (χ1v) is 14.3. The number of unbranched alkanes of at least 4 members (excludes halogenated alkanes) is 3. The van der Waals surface area contributed by atoms with Gasteiger partial charge in [0.25, 0.3) is 5.91 Å². The lowest BCUT2D eigenvalue weighted by Gasteiger charge is -2.14. The maximum Gasteiger partial charge on any atom is 0.325 e. The van der Waals surface area contributed by atoms with Gasteiger partial charge in [-0.05, 0) is 76.2 Å². The van der Waals surface area contributed by atoms with Crippen molar-refractivity contribution in [3.8, 4) is 11.1 Å². The van der Waals surface area contributed by atoms with Gasteiger partial charge in [-0.3, -0.25) is 14.4 Å². The largest absolute Gasteiger partial charge is 0.465 e. The van der Waals surface area contributed by atoms with Crippen LogP contribution in [0.15, 0.2) is 72.8 Å². The lowest BCUT2D eigenvalue weighted by atomic mass is 9.92. The second kappa shape index (κ2) is 14.3. The maximum absolute atomic E-state index is 12.8. The van der Waals surface area contributed by atoms with Crippen LogP contribution in [-0.2, 0) is 20.7 Å². The van der Waals surface area contributed by atoms with Crippen molar-refractivity contribution in [1.29, 1.82) is 0 Å². The molecular formula is C34H38N2O4. The van der Waals surface area contributed by atoms with Crippen LogP contribution in [0.25, 0.3) is 32.7 Å². The zero-order valence-electron chi connectivity index (χ0n) is 23.4. The Kier molecular flexibility index (Phi) is 10.3. The Balaban J connectivity index is 1.63. The van der Waals surface area contributed by atoms with Gasteiger partial charge in [0, 0.05) is 18.5 Å². The van der Waals surface area contributed by atoms with Gasteiger partial charge in [0.1, 0.15) is 6.54 Å². The molecule has 0 bridgehead atoms. The van der Waals surface area contributed by atoms with E-state index in [9.17, 15) is 14.4 Å². The molecule has 0 aliphatic carbocycles. The molecule has 0 atom stereocenters. The van der Waals surface area contributed by atoms with Crippen molar-refractivity contribution in [2.45, 2.75) is 52.4 Å². The van der Waals surface area contributed by atoms with Crippen LogP contribution in [0.3, 0.4) is 0 Å². The summed E-state index contributed by atoms with van der Waals surface area (Å²) in [6.07, 6.45) is 5.44. The van der Waals surface area contributed by atoms with Crippen LogP contribution in [0, 0.1) is 0 Å². The Labute approximate surface area is 236 Å². The molecule has 0 spiro atoms. The van der Waals surface area contributed by atoms with Gasteiger partial charge >= 0.3 is 5.97 Å². The van der Waals surface area contributed by atoms with Gasteiger partial charge in [0.05, 0.1) is 6.61 Å². The summed E-state index contributed by atoms with van der Waals surface area (Å²) in [6.45, 7) is 4.49. The van der Waals surface area contributed by atoms with E-state index in [1.807, 2.05) is 24.3 Å². The van der Waals surface area contributed by atoms with Crippen LogP contribution >= 0.6 is 0 Å². The van der Waals surface area contributed by atoms with E-state index >= 15 is 0 Å². The highest BCUT2D eigenvalue weighted by Gasteiger charge is 2.14. The molecule has 6 heteroatoms. The molecule has 4 aromatic carbocycles. The molecule has 0 saturated carbocycles. The molecule has 4 rings (SSSR count). The molecule has 40 heavy (non-hydrogen) atoms. The van der Waals surface area contributed by atoms with Gasteiger partial charge < -0.3 is 15.4 Å². The monoisotopic (exact) mass is 538 g/mol. The van der Waals surface area contributed by atoms with Crippen molar-refractivity contribution in [3.63, 3.8) is 0 Å². The van der Waals surface area contributed by atoms with Crippen molar-refractivity contribution < 1.29 is 19.1 Å². The first kappa shape index (κ1) is 28.8. The summed E-state index contributed by atoms with van der Waals surface area (Å²) >= 11 is 0. The van der Waals surface area contributed by atoms with E-state index in [4.69, 9.17) is 4.74 Å². The number of esters is 1. The lowest BCUT2D eigenvalue weighted by Crippen LogP contribution is -2.30. The van der Waals surface area contributed by atoms with Crippen molar-refractivity contribution in [1.82, 2.24) is 10.6 Å². The Morgan fingerprint density at radius 1 is 0.775 bits per heavy atom. The highest BCUT2D eigenvalue weighted by atomic mass is 16.5. The molecule has 6 nitrogen and oxygen atoms in total. The van der Waals surface area contributed by atoms with E-state index in [-0.39, 0.29) is 25.0 Å². The van der Waals surface area contributed by atoms with Crippen molar-refractivity contribution >= 4 is 39.3 Å². The van der Waals surface area contributed by atoms with Crippen molar-refractivity contribution in [2.75, 3.05) is 19.7 Å². The number of amides is 2. The second-order valence-electron chi connectivity index (χ2n) is 10.00. The molecule has 0 heterocycles. The number of hydrogen-bond acceptors (Lipinski definition) is 4. The quantitative estimate of drug-likeness (QED) is 0.149. The van der Waals surface area contributed by atoms with Gasteiger partial charge in [-0.15, -0.1) is 0 Å². The number of fused-ring (bicyclic) bond motifs is 2. The van der Waals surface area contributed by atoms with Crippen LogP contribution < -0.4 is 10.6 Å². The number of rotatable bonds is 13. The van der Waals surface area contributed by atoms with E-state index in [1.54, 1.807) is 13.0 Å². The smallest absolute Gasteiger partial charge is 0.325 e. The van der Waals surface area contributed by atoms with E-state index in [1.165, 1.54) is 10.8 Å². The van der Waals surface area contributed by atoms with Crippen LogP contribution in [0.1, 0.15) is 61.9 Å². The minimum Gasteiger partial charge on any atom is -0.465 e. The molecule has 4 aromatic rings. The Bertz CT molecular complexity index is 1490. The number of hydrogen-bond donors (Lipinski definition) is 2. The second-order valence-corrected chi connectivity index (χ2v) is 10.00. The van der Waals surface area contributed by atoms with Gasteiger partial charge in [-0.1, -0.05) is 80.8 Å². The molecule has 0 aliphatic rings. The molecule has 0 fully saturated rings. The average Bonchev–Trinajstić information content (AvgIpc) is 2.97. The number of carbonyl (C=O) groups is 3. The molecule has 0 unspecified atom stereocenters. The fourth-order valence-corrected chi connectivity index (χ4v) is 5.02. The molecular weight excluding hydrogens is 500 g/mol. The Morgan fingerprint density at radius 3 is 2.42 bits per heavy atom. The minimum absolute atomic E-state index is 0.0737. The number of ether oxygens (including phenoxy) is 1. The van der Waals surface area contributed by atoms with E-state index < -0.39 is 5.97 Å². The molecule has 0 aromatic heterocycles. The number of benzene rings is 4. The summed E-state index contributed by atoms with van der Waals surface area (Å²) in [4.78, 5) is 36.9. The maximum atomic E-state index is 12.8. The fraction of sp³-hybridized carbons (Fsp3) is 0.324. The van der Waals surface area contributed by atoms with Crippen LogP contribution in [-0.4, -0.2) is 37.5 Å². The van der Waals surface area contributed by atoms with Gasteiger partial charge in [-0.2, -0.15) is 0 Å². The SMILES string of the molecule is CCCCCCC(=O)NCCc1cc(-c2cccc3ccccc23)cc2ccc(C(=O)NCC(=O)OCC)cc12. The highest BCUT2D eigenvalue weighted by molar-refractivity contribution is 6.03. The van der Waals surface area contributed by atoms with E-state index in [0.717, 1.165) is 53.1 Å². The normalized spacial score (nSPS) is 10.9. The molecule has 0 radical (unpaired) electrons. The first-order valence-electron chi connectivity index (χ1n) is 14.3. The summed E-state index contributed by atoms with van der Waals surface area (Å²) < 4.78 is 4.92. The van der Waals surface area contributed by atoms with Gasteiger partial charge in [0.15, 0.2) is 0 Å². The molecule has 2 N–H and O–H groups in total. The zero-order valence-corrected chi connectivity index (χ0v) is 23.4. The Hall–Kier alpha value is -4.19. The van der Waals surface area contributed by atoms with Crippen LogP contribution in [0.4, 0.5) is 0 Å². The van der Waals surface area contributed by atoms with Crippen molar-refractivity contribution in [2.24, 2.45) is 0 Å².